The standard InChI is InChI=1S/C74H58N4/c1-45-25-46(2)30-57(29-45)61-37-62(58-31-47(3)26-48(4)32-58)40-67(39-61)77(65-17-9-53(43-75)10-18-65)71-23-15-55-14-22-70-72(24-16-56-13-21-69(71)73(55)74(56)70)78(66-19-11-54(44-76)12-20-66)68-41-63(59-33-49(5)27-50(6)34-59)38-64(42-68)60-35-51(7)28-52(8)36-60/h9-42H,1-8H3. The van der Waals surface area contributed by atoms with Gasteiger partial charge in [0.1, 0.15) is 0 Å². The van der Waals surface area contributed by atoms with Crippen molar-refractivity contribution in [2.24, 2.45) is 0 Å². The Bertz CT molecular complexity index is 3930. The monoisotopic (exact) mass is 1000 g/mol. The Morgan fingerprint density at radius 1 is 0.256 bits per heavy atom. The van der Waals surface area contributed by atoms with E-state index in [0.717, 1.165) is 100 Å². The number of anilines is 6. The molecule has 12 aromatic carbocycles. The lowest BCUT2D eigenvalue weighted by atomic mass is 9.91. The van der Waals surface area contributed by atoms with E-state index in [1.165, 1.54) is 55.3 Å². The van der Waals surface area contributed by atoms with E-state index in [4.69, 9.17) is 0 Å². The summed E-state index contributed by atoms with van der Waals surface area (Å²) in [6.07, 6.45) is 0. The largest absolute Gasteiger partial charge is 0.310 e. The molecule has 4 heteroatoms. The molecule has 0 fully saturated rings. The molecule has 12 aromatic rings. The third-order valence-electron chi connectivity index (χ3n) is 15.2. The Labute approximate surface area is 458 Å². The maximum absolute atomic E-state index is 10.0. The average Bonchev–Trinajstić information content (AvgIpc) is 3.62. The van der Waals surface area contributed by atoms with Crippen LogP contribution < -0.4 is 9.80 Å². The summed E-state index contributed by atoms with van der Waals surface area (Å²) in [6.45, 7) is 17.3. The minimum Gasteiger partial charge on any atom is -0.310 e. The summed E-state index contributed by atoms with van der Waals surface area (Å²) >= 11 is 0. The Morgan fingerprint density at radius 2 is 0.513 bits per heavy atom. The summed E-state index contributed by atoms with van der Waals surface area (Å²) in [4.78, 5) is 4.75. The Balaban J connectivity index is 1.12. The molecule has 0 amide bonds. The van der Waals surface area contributed by atoms with Gasteiger partial charge in [0.2, 0.25) is 0 Å². The van der Waals surface area contributed by atoms with Crippen LogP contribution in [0.15, 0.2) is 206 Å². The van der Waals surface area contributed by atoms with Crippen LogP contribution in [-0.2, 0) is 0 Å². The maximum Gasteiger partial charge on any atom is 0.0991 e. The molecule has 0 unspecified atom stereocenters. The molecule has 0 aromatic heterocycles. The molecule has 0 aliphatic carbocycles. The molecule has 0 bridgehead atoms. The van der Waals surface area contributed by atoms with E-state index >= 15 is 0 Å². The van der Waals surface area contributed by atoms with Crippen LogP contribution in [0.2, 0.25) is 0 Å². The fraction of sp³-hybridized carbons (Fsp3) is 0.108. The molecule has 0 atom stereocenters. The van der Waals surface area contributed by atoms with Gasteiger partial charge in [-0.1, -0.05) is 154 Å². The molecule has 4 nitrogen and oxygen atoms in total. The first-order valence-corrected chi connectivity index (χ1v) is 26.7. The molecule has 0 aliphatic heterocycles. The Morgan fingerprint density at radius 3 is 0.782 bits per heavy atom. The van der Waals surface area contributed by atoms with Gasteiger partial charge in [0, 0.05) is 33.5 Å². The highest BCUT2D eigenvalue weighted by atomic mass is 15.2. The highest BCUT2D eigenvalue weighted by Gasteiger charge is 2.24. The zero-order chi connectivity index (χ0) is 53.9. The lowest BCUT2D eigenvalue weighted by Crippen LogP contribution is -2.12. The summed E-state index contributed by atoms with van der Waals surface area (Å²) < 4.78 is 0. The molecule has 78 heavy (non-hydrogen) atoms. The molecular formula is C74H58N4. The molecule has 374 valence electrons. The van der Waals surface area contributed by atoms with Crippen molar-refractivity contribution >= 4 is 66.4 Å². The third kappa shape index (κ3) is 9.29. The van der Waals surface area contributed by atoms with E-state index in [0.29, 0.717) is 11.1 Å². The first-order chi connectivity index (χ1) is 37.7. The van der Waals surface area contributed by atoms with Crippen LogP contribution >= 0.6 is 0 Å². The van der Waals surface area contributed by atoms with Crippen LogP contribution in [0, 0.1) is 78.1 Å². The number of hydrogen-bond donors (Lipinski definition) is 0. The van der Waals surface area contributed by atoms with Gasteiger partial charge in [0.15, 0.2) is 0 Å². The summed E-state index contributed by atoms with van der Waals surface area (Å²) in [6, 6.07) is 79.9. The summed E-state index contributed by atoms with van der Waals surface area (Å²) in [7, 11) is 0. The Hall–Kier alpha value is -9.74. The van der Waals surface area contributed by atoms with Crippen molar-refractivity contribution in [2.45, 2.75) is 55.4 Å². The van der Waals surface area contributed by atoms with E-state index in [-0.39, 0.29) is 0 Å². The van der Waals surface area contributed by atoms with Crippen LogP contribution in [0.25, 0.3) is 76.8 Å². The lowest BCUT2D eigenvalue weighted by Gasteiger charge is -2.30. The molecule has 0 saturated carbocycles. The fourth-order valence-electron chi connectivity index (χ4n) is 12.1. The van der Waals surface area contributed by atoms with E-state index in [2.05, 4.69) is 259 Å². The van der Waals surface area contributed by atoms with Crippen molar-refractivity contribution in [3.63, 3.8) is 0 Å². The van der Waals surface area contributed by atoms with Gasteiger partial charge in [-0.3, -0.25) is 0 Å². The van der Waals surface area contributed by atoms with Crippen molar-refractivity contribution < 1.29 is 0 Å². The Kier molecular flexibility index (Phi) is 12.4. The quantitative estimate of drug-likeness (QED) is 0.128. The van der Waals surface area contributed by atoms with Gasteiger partial charge in [0.25, 0.3) is 0 Å². The molecule has 0 aliphatic rings. The minimum atomic E-state index is 0.606. The molecule has 0 heterocycles. The summed E-state index contributed by atoms with van der Waals surface area (Å²) in [5.41, 5.74) is 26.0. The molecule has 0 spiro atoms. The topological polar surface area (TPSA) is 54.1 Å². The van der Waals surface area contributed by atoms with Gasteiger partial charge in [0.05, 0.1) is 34.6 Å². The number of hydrogen-bond acceptors (Lipinski definition) is 4. The zero-order valence-electron chi connectivity index (χ0n) is 45.4. The van der Waals surface area contributed by atoms with Crippen molar-refractivity contribution in [3.05, 3.63) is 262 Å². The SMILES string of the molecule is Cc1cc(C)cc(-c2cc(-c3cc(C)cc(C)c3)cc(N(c3ccc(C#N)cc3)c3ccc4ccc5c(N(c6ccc(C#N)cc6)c6cc(-c7cc(C)cc(C)c7)cc(-c7cc(C)cc(C)c7)c6)ccc6ccc3c4c65)c2)c1. The first-order valence-electron chi connectivity index (χ1n) is 26.7. The second-order valence-electron chi connectivity index (χ2n) is 21.6. The van der Waals surface area contributed by atoms with E-state index in [1.54, 1.807) is 0 Å². The molecule has 0 radical (unpaired) electrons. The average molecular weight is 1000 g/mol. The van der Waals surface area contributed by atoms with Gasteiger partial charge < -0.3 is 9.80 Å². The molecule has 0 saturated heterocycles. The van der Waals surface area contributed by atoms with Crippen LogP contribution in [0.5, 0.6) is 0 Å². The van der Waals surface area contributed by atoms with Gasteiger partial charge in [-0.15, -0.1) is 0 Å². The summed E-state index contributed by atoms with van der Waals surface area (Å²) in [5.74, 6) is 0. The number of benzene rings is 12. The van der Waals surface area contributed by atoms with Crippen molar-refractivity contribution in [2.75, 3.05) is 9.80 Å². The van der Waals surface area contributed by atoms with Crippen LogP contribution in [-0.4, -0.2) is 0 Å². The highest BCUT2D eigenvalue weighted by Crippen LogP contribution is 2.49. The number of aryl methyl sites for hydroxylation is 8. The molecular weight excluding hydrogens is 945 g/mol. The molecule has 0 N–H and O–H groups in total. The van der Waals surface area contributed by atoms with E-state index < -0.39 is 0 Å². The van der Waals surface area contributed by atoms with Crippen molar-refractivity contribution in [3.8, 4) is 56.6 Å². The van der Waals surface area contributed by atoms with Crippen LogP contribution in [0.1, 0.15) is 55.6 Å². The van der Waals surface area contributed by atoms with E-state index in [9.17, 15) is 10.5 Å². The smallest absolute Gasteiger partial charge is 0.0991 e. The minimum absolute atomic E-state index is 0.606. The predicted molar refractivity (Wildman–Crippen MR) is 329 cm³/mol. The number of nitrogens with zero attached hydrogens (tertiary/aromatic N) is 4. The normalized spacial score (nSPS) is 11.3. The lowest BCUT2D eigenvalue weighted by molar-refractivity contribution is 1.29. The first kappa shape index (κ1) is 49.2. The van der Waals surface area contributed by atoms with Crippen LogP contribution in [0.4, 0.5) is 34.1 Å². The van der Waals surface area contributed by atoms with Crippen molar-refractivity contribution in [1.29, 1.82) is 10.5 Å². The van der Waals surface area contributed by atoms with Gasteiger partial charge in [-0.05, 0) is 219 Å². The predicted octanol–water partition coefficient (Wildman–Crippen LogP) is 20.4. The van der Waals surface area contributed by atoms with Gasteiger partial charge in [-0.25, -0.2) is 0 Å². The summed E-state index contributed by atoms with van der Waals surface area (Å²) in [5, 5.41) is 26.9. The fourth-order valence-corrected chi connectivity index (χ4v) is 12.1. The third-order valence-corrected chi connectivity index (χ3v) is 15.2. The number of rotatable bonds is 10. The maximum atomic E-state index is 10.0. The van der Waals surface area contributed by atoms with Crippen LogP contribution in [0.3, 0.4) is 0 Å². The van der Waals surface area contributed by atoms with Crippen molar-refractivity contribution in [1.82, 2.24) is 0 Å². The van der Waals surface area contributed by atoms with Gasteiger partial charge >= 0.3 is 0 Å². The zero-order valence-corrected chi connectivity index (χ0v) is 45.4. The second-order valence-corrected chi connectivity index (χ2v) is 21.6. The molecule has 12 rings (SSSR count). The van der Waals surface area contributed by atoms with E-state index in [1.807, 2.05) is 24.3 Å². The second kappa shape index (κ2) is 19.8. The number of nitriles is 2. The highest BCUT2D eigenvalue weighted by molar-refractivity contribution is 6.28. The van der Waals surface area contributed by atoms with Gasteiger partial charge in [-0.2, -0.15) is 10.5 Å².